The van der Waals surface area contributed by atoms with E-state index in [2.05, 4.69) is 22.2 Å². The molecule has 0 aliphatic carbocycles. The molecular weight excluding hydrogens is 274 g/mol. The Kier molecular flexibility index (Phi) is 4.34. The van der Waals surface area contributed by atoms with Crippen molar-refractivity contribution in [3.8, 4) is 0 Å². The lowest BCUT2D eigenvalue weighted by Crippen LogP contribution is -2.28. The van der Waals surface area contributed by atoms with Crippen molar-refractivity contribution in [2.24, 2.45) is 0 Å². The minimum absolute atomic E-state index is 0.162. The maximum absolute atomic E-state index is 12.2. The standard InChI is InChI=1S/C14H17N3O2S/c1-4-13-17-11(7-20-13)9(3)16-14(19)10-6-15-12(18)5-8(10)2/h5-7,9H,4H2,1-3H3,(H,15,18)(H,16,19). The zero-order chi connectivity index (χ0) is 14.7. The third-order valence-electron chi connectivity index (χ3n) is 3.04. The Labute approximate surface area is 121 Å². The normalized spacial score (nSPS) is 12.2. The van der Waals surface area contributed by atoms with E-state index in [1.807, 2.05) is 12.3 Å². The van der Waals surface area contributed by atoms with Crippen LogP contribution in [0.15, 0.2) is 22.4 Å². The zero-order valence-corrected chi connectivity index (χ0v) is 12.5. The minimum Gasteiger partial charge on any atom is -0.344 e. The molecule has 0 saturated carbocycles. The number of amides is 1. The highest BCUT2D eigenvalue weighted by molar-refractivity contribution is 7.09. The van der Waals surface area contributed by atoms with E-state index in [9.17, 15) is 9.59 Å². The highest BCUT2D eigenvalue weighted by Crippen LogP contribution is 2.17. The van der Waals surface area contributed by atoms with Crippen LogP contribution in [0.5, 0.6) is 0 Å². The van der Waals surface area contributed by atoms with Gasteiger partial charge >= 0.3 is 0 Å². The van der Waals surface area contributed by atoms with Gasteiger partial charge in [0, 0.05) is 17.6 Å². The van der Waals surface area contributed by atoms with Crippen molar-refractivity contribution >= 4 is 17.2 Å². The molecule has 1 unspecified atom stereocenters. The van der Waals surface area contributed by atoms with E-state index in [4.69, 9.17) is 0 Å². The summed E-state index contributed by atoms with van der Waals surface area (Å²) < 4.78 is 0. The van der Waals surface area contributed by atoms with Gasteiger partial charge in [-0.25, -0.2) is 4.98 Å². The van der Waals surface area contributed by atoms with Crippen molar-refractivity contribution in [3.05, 3.63) is 49.8 Å². The number of thiazole rings is 1. The lowest BCUT2D eigenvalue weighted by atomic mass is 10.1. The van der Waals surface area contributed by atoms with Gasteiger partial charge in [0.15, 0.2) is 0 Å². The molecule has 0 spiro atoms. The number of pyridine rings is 1. The summed E-state index contributed by atoms with van der Waals surface area (Å²) in [5.41, 5.74) is 1.79. The quantitative estimate of drug-likeness (QED) is 0.906. The van der Waals surface area contributed by atoms with Gasteiger partial charge in [0.2, 0.25) is 5.56 Å². The highest BCUT2D eigenvalue weighted by Gasteiger charge is 2.15. The summed E-state index contributed by atoms with van der Waals surface area (Å²) in [5, 5.41) is 5.91. The fourth-order valence-electron chi connectivity index (χ4n) is 1.85. The second kappa shape index (κ2) is 6.00. The molecule has 1 atom stereocenters. The lowest BCUT2D eigenvalue weighted by Gasteiger charge is -2.12. The van der Waals surface area contributed by atoms with Gasteiger partial charge < -0.3 is 10.3 Å². The van der Waals surface area contributed by atoms with Crippen molar-refractivity contribution in [2.75, 3.05) is 0 Å². The summed E-state index contributed by atoms with van der Waals surface area (Å²) in [6.45, 7) is 5.69. The van der Waals surface area contributed by atoms with E-state index in [-0.39, 0.29) is 17.5 Å². The van der Waals surface area contributed by atoms with Crippen LogP contribution in [-0.4, -0.2) is 15.9 Å². The second-order valence-electron chi connectivity index (χ2n) is 4.61. The van der Waals surface area contributed by atoms with Crippen molar-refractivity contribution in [1.82, 2.24) is 15.3 Å². The number of rotatable bonds is 4. The Morgan fingerprint density at radius 3 is 2.90 bits per heavy atom. The Bertz CT molecular complexity index is 675. The average molecular weight is 291 g/mol. The molecule has 0 fully saturated rings. The van der Waals surface area contributed by atoms with E-state index in [1.54, 1.807) is 18.3 Å². The lowest BCUT2D eigenvalue weighted by molar-refractivity contribution is 0.0938. The Morgan fingerprint density at radius 2 is 2.30 bits per heavy atom. The number of carbonyl (C=O) groups is 1. The number of aromatic amines is 1. The van der Waals surface area contributed by atoms with Crippen LogP contribution in [0.1, 0.15) is 46.5 Å². The first-order valence-corrected chi connectivity index (χ1v) is 7.33. The van der Waals surface area contributed by atoms with Crippen LogP contribution in [0.25, 0.3) is 0 Å². The number of aromatic nitrogens is 2. The van der Waals surface area contributed by atoms with E-state index in [1.165, 1.54) is 12.3 Å². The van der Waals surface area contributed by atoms with Gasteiger partial charge in [0.25, 0.3) is 5.91 Å². The van der Waals surface area contributed by atoms with Crippen molar-refractivity contribution in [2.45, 2.75) is 33.2 Å². The molecule has 0 aromatic carbocycles. The molecule has 1 amide bonds. The number of H-pyrrole nitrogens is 1. The van der Waals surface area contributed by atoms with Crippen LogP contribution in [0.2, 0.25) is 0 Å². The highest BCUT2D eigenvalue weighted by atomic mass is 32.1. The number of carbonyl (C=O) groups excluding carboxylic acids is 1. The molecule has 0 bridgehead atoms. The SMILES string of the molecule is CCc1nc(C(C)NC(=O)c2c[nH]c(=O)cc2C)cs1. The summed E-state index contributed by atoms with van der Waals surface area (Å²) in [6, 6.07) is 1.25. The maximum Gasteiger partial charge on any atom is 0.253 e. The summed E-state index contributed by atoms with van der Waals surface area (Å²) in [6.07, 6.45) is 2.34. The van der Waals surface area contributed by atoms with Crippen molar-refractivity contribution in [3.63, 3.8) is 0 Å². The van der Waals surface area contributed by atoms with Gasteiger partial charge in [0.1, 0.15) is 0 Å². The topological polar surface area (TPSA) is 74.8 Å². The monoisotopic (exact) mass is 291 g/mol. The summed E-state index contributed by atoms with van der Waals surface area (Å²) in [7, 11) is 0. The molecule has 0 aliphatic heterocycles. The van der Waals surface area contributed by atoms with Gasteiger partial charge in [-0.1, -0.05) is 6.92 Å². The number of hydrogen-bond donors (Lipinski definition) is 2. The predicted molar refractivity (Wildman–Crippen MR) is 79.2 cm³/mol. The van der Waals surface area contributed by atoms with Crippen LogP contribution in [0, 0.1) is 6.92 Å². The molecule has 5 nitrogen and oxygen atoms in total. The van der Waals surface area contributed by atoms with Crippen LogP contribution in [-0.2, 0) is 6.42 Å². The first kappa shape index (κ1) is 14.5. The third kappa shape index (κ3) is 3.14. The molecule has 106 valence electrons. The molecule has 20 heavy (non-hydrogen) atoms. The number of nitrogens with one attached hydrogen (secondary N) is 2. The maximum atomic E-state index is 12.2. The number of hydrogen-bond acceptors (Lipinski definition) is 4. The first-order chi connectivity index (χ1) is 9.51. The van der Waals surface area contributed by atoms with Crippen LogP contribution in [0.4, 0.5) is 0 Å². The van der Waals surface area contributed by atoms with Crippen LogP contribution in [0.3, 0.4) is 0 Å². The van der Waals surface area contributed by atoms with Gasteiger partial charge in [-0.3, -0.25) is 9.59 Å². The molecule has 6 heteroatoms. The zero-order valence-electron chi connectivity index (χ0n) is 11.7. The minimum atomic E-state index is -0.211. The van der Waals surface area contributed by atoms with Crippen LogP contribution >= 0.6 is 11.3 Å². The smallest absolute Gasteiger partial charge is 0.253 e. The molecule has 2 aromatic heterocycles. The Balaban J connectivity index is 2.12. The van der Waals surface area contributed by atoms with Gasteiger partial charge in [0.05, 0.1) is 22.3 Å². The summed E-state index contributed by atoms with van der Waals surface area (Å²) >= 11 is 1.60. The van der Waals surface area contributed by atoms with Crippen molar-refractivity contribution < 1.29 is 4.79 Å². The fourth-order valence-corrected chi connectivity index (χ4v) is 2.69. The molecule has 2 rings (SSSR count). The molecule has 0 radical (unpaired) electrons. The third-order valence-corrected chi connectivity index (χ3v) is 4.05. The molecule has 0 saturated heterocycles. The predicted octanol–water partition coefficient (Wildman–Crippen LogP) is 2.19. The van der Waals surface area contributed by atoms with Crippen LogP contribution < -0.4 is 10.9 Å². The van der Waals surface area contributed by atoms with E-state index >= 15 is 0 Å². The largest absolute Gasteiger partial charge is 0.344 e. The average Bonchev–Trinajstić information content (AvgIpc) is 2.87. The van der Waals surface area contributed by atoms with E-state index < -0.39 is 0 Å². The van der Waals surface area contributed by atoms with E-state index in [0.717, 1.165) is 17.1 Å². The van der Waals surface area contributed by atoms with E-state index in [0.29, 0.717) is 11.1 Å². The summed E-state index contributed by atoms with van der Waals surface area (Å²) in [4.78, 5) is 30.3. The fraction of sp³-hybridized carbons (Fsp3) is 0.357. The molecule has 2 N–H and O–H groups in total. The molecule has 0 aliphatic rings. The van der Waals surface area contributed by atoms with Gasteiger partial charge in [-0.05, 0) is 25.8 Å². The van der Waals surface area contributed by atoms with Gasteiger partial charge in [-0.15, -0.1) is 11.3 Å². The molecule has 2 aromatic rings. The first-order valence-electron chi connectivity index (χ1n) is 6.45. The Morgan fingerprint density at radius 1 is 1.55 bits per heavy atom. The second-order valence-corrected chi connectivity index (χ2v) is 5.55. The van der Waals surface area contributed by atoms with Gasteiger partial charge in [-0.2, -0.15) is 0 Å². The van der Waals surface area contributed by atoms with Crippen molar-refractivity contribution in [1.29, 1.82) is 0 Å². The number of nitrogens with zero attached hydrogens (tertiary/aromatic N) is 1. The Hall–Kier alpha value is -1.95. The molecular formula is C14H17N3O2S. The summed E-state index contributed by atoms with van der Waals surface area (Å²) in [5.74, 6) is -0.211. The number of aryl methyl sites for hydroxylation is 2. The molecule has 2 heterocycles.